The minimum Gasteiger partial charge on any atom is -0.492 e. The molecule has 0 saturated heterocycles. The van der Waals surface area contributed by atoms with E-state index in [4.69, 9.17) is 14.7 Å². The molecule has 1 aromatic carbocycles. The van der Waals surface area contributed by atoms with Crippen molar-refractivity contribution in [2.45, 2.75) is 6.92 Å². The van der Waals surface area contributed by atoms with Crippen molar-refractivity contribution in [1.82, 2.24) is 0 Å². The van der Waals surface area contributed by atoms with E-state index in [-0.39, 0.29) is 0 Å². The number of halogens is 1. The lowest BCUT2D eigenvalue weighted by atomic mass is 10.2. The summed E-state index contributed by atoms with van der Waals surface area (Å²) in [5.74, 6) is 1.33. The van der Waals surface area contributed by atoms with Gasteiger partial charge in [0.1, 0.15) is 0 Å². The van der Waals surface area contributed by atoms with Gasteiger partial charge in [-0.2, -0.15) is 5.26 Å². The number of allylic oxidation sites excluding steroid dienone is 1. The molecule has 16 heavy (non-hydrogen) atoms. The zero-order chi connectivity index (χ0) is 12.0. The van der Waals surface area contributed by atoms with Gasteiger partial charge in [0.2, 0.25) is 0 Å². The van der Waals surface area contributed by atoms with Crippen LogP contribution in [0.1, 0.15) is 12.5 Å². The molecule has 0 heterocycles. The van der Waals surface area contributed by atoms with Crippen LogP contribution in [-0.2, 0) is 0 Å². The van der Waals surface area contributed by atoms with Crippen LogP contribution < -0.4 is 9.47 Å². The second-order valence-corrected chi connectivity index (χ2v) is 3.78. The van der Waals surface area contributed by atoms with Gasteiger partial charge < -0.3 is 9.47 Å². The standard InChI is InChI=1S/C12H12BrNO2/c1-3-16-11-8-9(5-4-6-14)7-10(13)12(11)15-2/h4-5,7-8H,3H2,1-2H3. The largest absolute Gasteiger partial charge is 0.492 e. The molecule has 0 aliphatic rings. The second-order valence-electron chi connectivity index (χ2n) is 2.93. The number of methoxy groups -OCH3 is 1. The van der Waals surface area contributed by atoms with Crippen molar-refractivity contribution >= 4 is 22.0 Å². The Balaban J connectivity index is 3.17. The second kappa shape index (κ2) is 6.19. The van der Waals surface area contributed by atoms with Gasteiger partial charge in [-0.15, -0.1) is 0 Å². The molecule has 1 rings (SSSR count). The van der Waals surface area contributed by atoms with E-state index in [0.29, 0.717) is 18.1 Å². The molecule has 0 aliphatic carbocycles. The number of benzene rings is 1. The molecule has 0 bridgehead atoms. The van der Waals surface area contributed by atoms with Gasteiger partial charge in [0.25, 0.3) is 0 Å². The average molecular weight is 282 g/mol. The quantitative estimate of drug-likeness (QED) is 0.795. The SMILES string of the molecule is CCOc1cc(C=CC#N)cc(Br)c1OC. The smallest absolute Gasteiger partial charge is 0.174 e. The summed E-state index contributed by atoms with van der Waals surface area (Å²) in [6.07, 6.45) is 3.14. The Kier molecular flexibility index (Phi) is 4.87. The molecule has 4 heteroatoms. The van der Waals surface area contributed by atoms with Gasteiger partial charge in [0.15, 0.2) is 11.5 Å². The first-order valence-electron chi connectivity index (χ1n) is 4.79. The zero-order valence-electron chi connectivity index (χ0n) is 9.16. The van der Waals surface area contributed by atoms with Crippen LogP contribution in [0, 0.1) is 11.3 Å². The Hall–Kier alpha value is -1.47. The highest BCUT2D eigenvalue weighted by Gasteiger charge is 2.09. The molecule has 0 fully saturated rings. The summed E-state index contributed by atoms with van der Waals surface area (Å²) in [6.45, 7) is 2.47. The number of nitrogens with zero attached hydrogens (tertiary/aromatic N) is 1. The van der Waals surface area contributed by atoms with Crippen LogP contribution in [0.25, 0.3) is 6.08 Å². The molecule has 0 N–H and O–H groups in total. The normalized spacial score (nSPS) is 10.1. The van der Waals surface area contributed by atoms with Crippen molar-refractivity contribution in [3.05, 3.63) is 28.2 Å². The lowest BCUT2D eigenvalue weighted by Crippen LogP contribution is -1.96. The van der Waals surface area contributed by atoms with E-state index >= 15 is 0 Å². The van der Waals surface area contributed by atoms with Crippen LogP contribution in [0.3, 0.4) is 0 Å². The third-order valence-electron chi connectivity index (χ3n) is 1.89. The van der Waals surface area contributed by atoms with Crippen molar-refractivity contribution in [3.63, 3.8) is 0 Å². The van der Waals surface area contributed by atoms with E-state index in [1.807, 2.05) is 25.1 Å². The zero-order valence-corrected chi connectivity index (χ0v) is 10.7. The molecule has 0 aliphatic heterocycles. The molecule has 0 radical (unpaired) electrons. The summed E-state index contributed by atoms with van der Waals surface area (Å²) < 4.78 is 11.5. The van der Waals surface area contributed by atoms with Crippen LogP contribution in [0.5, 0.6) is 11.5 Å². The Labute approximate surface area is 103 Å². The predicted molar refractivity (Wildman–Crippen MR) is 66.5 cm³/mol. The fraction of sp³-hybridized carbons (Fsp3) is 0.250. The highest BCUT2D eigenvalue weighted by molar-refractivity contribution is 9.10. The van der Waals surface area contributed by atoms with Gasteiger partial charge >= 0.3 is 0 Å². The molecule has 3 nitrogen and oxygen atoms in total. The number of rotatable bonds is 4. The summed E-state index contributed by atoms with van der Waals surface area (Å²) in [4.78, 5) is 0. The van der Waals surface area contributed by atoms with Gasteiger partial charge in [0, 0.05) is 6.08 Å². The fourth-order valence-corrected chi connectivity index (χ4v) is 1.90. The average Bonchev–Trinajstić information content (AvgIpc) is 2.26. The molecule has 0 unspecified atom stereocenters. The third-order valence-corrected chi connectivity index (χ3v) is 2.48. The highest BCUT2D eigenvalue weighted by Crippen LogP contribution is 2.36. The first-order valence-corrected chi connectivity index (χ1v) is 5.58. The number of hydrogen-bond donors (Lipinski definition) is 0. The van der Waals surface area contributed by atoms with E-state index in [2.05, 4.69) is 15.9 Å². The molecular weight excluding hydrogens is 270 g/mol. The maximum atomic E-state index is 8.47. The van der Waals surface area contributed by atoms with E-state index < -0.39 is 0 Å². The van der Waals surface area contributed by atoms with E-state index in [1.165, 1.54) is 6.08 Å². The summed E-state index contributed by atoms with van der Waals surface area (Å²) in [5.41, 5.74) is 0.887. The molecule has 84 valence electrons. The Bertz CT molecular complexity index is 435. The number of ether oxygens (including phenoxy) is 2. The summed E-state index contributed by atoms with van der Waals surface area (Å²) >= 11 is 3.40. The topological polar surface area (TPSA) is 42.2 Å². The van der Waals surface area contributed by atoms with Crippen molar-refractivity contribution in [3.8, 4) is 17.6 Å². The molecule has 0 aromatic heterocycles. The van der Waals surface area contributed by atoms with Crippen LogP contribution in [-0.4, -0.2) is 13.7 Å². The van der Waals surface area contributed by atoms with Crippen LogP contribution >= 0.6 is 15.9 Å². The van der Waals surface area contributed by atoms with Gasteiger partial charge in [-0.3, -0.25) is 0 Å². The lowest BCUT2D eigenvalue weighted by Gasteiger charge is -2.11. The van der Waals surface area contributed by atoms with E-state index in [0.717, 1.165) is 10.0 Å². The van der Waals surface area contributed by atoms with E-state index in [9.17, 15) is 0 Å². The Morgan fingerprint density at radius 2 is 2.25 bits per heavy atom. The van der Waals surface area contributed by atoms with Crippen LogP contribution in [0.2, 0.25) is 0 Å². The minimum absolute atomic E-state index is 0.564. The van der Waals surface area contributed by atoms with Gasteiger partial charge in [0.05, 0.1) is 24.3 Å². The van der Waals surface area contributed by atoms with Crippen molar-refractivity contribution < 1.29 is 9.47 Å². The lowest BCUT2D eigenvalue weighted by molar-refractivity contribution is 0.310. The number of hydrogen-bond acceptors (Lipinski definition) is 3. The maximum Gasteiger partial charge on any atom is 0.174 e. The van der Waals surface area contributed by atoms with Gasteiger partial charge in [-0.05, 0) is 46.6 Å². The molecular formula is C12H12BrNO2. The van der Waals surface area contributed by atoms with Crippen LogP contribution in [0.15, 0.2) is 22.7 Å². The molecule has 0 saturated carbocycles. The molecule has 0 atom stereocenters. The highest BCUT2D eigenvalue weighted by atomic mass is 79.9. The summed E-state index contributed by atoms with van der Waals surface area (Å²) in [7, 11) is 1.59. The Morgan fingerprint density at radius 3 is 2.81 bits per heavy atom. The fourth-order valence-electron chi connectivity index (χ4n) is 1.28. The third kappa shape index (κ3) is 3.01. The first kappa shape index (κ1) is 12.6. The van der Waals surface area contributed by atoms with Crippen LogP contribution in [0.4, 0.5) is 0 Å². The van der Waals surface area contributed by atoms with Crippen molar-refractivity contribution in [2.75, 3.05) is 13.7 Å². The first-order chi connectivity index (χ1) is 7.72. The predicted octanol–water partition coefficient (Wildman–Crippen LogP) is 3.39. The molecule has 0 spiro atoms. The minimum atomic E-state index is 0.564. The van der Waals surface area contributed by atoms with E-state index in [1.54, 1.807) is 13.2 Å². The summed E-state index contributed by atoms with van der Waals surface area (Å²) in [5, 5.41) is 8.47. The van der Waals surface area contributed by atoms with Gasteiger partial charge in [-0.25, -0.2) is 0 Å². The summed E-state index contributed by atoms with van der Waals surface area (Å²) in [6, 6.07) is 5.65. The maximum absolute atomic E-state index is 8.47. The molecule has 1 aromatic rings. The Morgan fingerprint density at radius 1 is 1.50 bits per heavy atom. The molecule has 0 amide bonds. The van der Waals surface area contributed by atoms with Gasteiger partial charge in [-0.1, -0.05) is 0 Å². The monoisotopic (exact) mass is 281 g/mol. The van der Waals surface area contributed by atoms with Crippen molar-refractivity contribution in [2.24, 2.45) is 0 Å². The van der Waals surface area contributed by atoms with Crippen molar-refractivity contribution in [1.29, 1.82) is 5.26 Å². The number of nitriles is 1.